The zero-order valence-electron chi connectivity index (χ0n) is 29.5. The first-order valence-corrected chi connectivity index (χ1v) is 18.3. The van der Waals surface area contributed by atoms with E-state index in [1.807, 2.05) is 36.4 Å². The van der Waals surface area contributed by atoms with E-state index in [2.05, 4.69) is 165 Å². The second-order valence-electron chi connectivity index (χ2n) is 13.9. The van der Waals surface area contributed by atoms with Gasteiger partial charge in [-0.1, -0.05) is 115 Å². The molecule has 0 fully saturated rings. The van der Waals surface area contributed by atoms with Crippen LogP contribution in [0, 0.1) is 22.7 Å². The zero-order valence-corrected chi connectivity index (χ0v) is 29.5. The van der Waals surface area contributed by atoms with Crippen molar-refractivity contribution >= 4 is 65.4 Å². The van der Waals surface area contributed by atoms with Crippen LogP contribution in [0.4, 0.5) is 0 Å². The Bertz CT molecular complexity index is 3420. The van der Waals surface area contributed by atoms with Crippen molar-refractivity contribution in [3.63, 3.8) is 0 Å². The Morgan fingerprint density at radius 3 is 1.44 bits per heavy atom. The molecule has 0 N–H and O–H groups in total. The smallest absolute Gasteiger partial charge is 0.101 e. The minimum Gasteiger partial charge on any atom is -0.307 e. The summed E-state index contributed by atoms with van der Waals surface area (Å²) in [5, 5.41) is 27.8. The fourth-order valence-electron chi connectivity index (χ4n) is 8.91. The van der Waals surface area contributed by atoms with Gasteiger partial charge in [-0.05, 0) is 66.2 Å². The van der Waals surface area contributed by atoms with Crippen molar-refractivity contribution < 1.29 is 0 Å². The summed E-state index contributed by atoms with van der Waals surface area (Å²) in [7, 11) is 0. The number of para-hydroxylation sites is 6. The fourth-order valence-corrected chi connectivity index (χ4v) is 8.91. The SMILES string of the molecule is N#Cc1cccc(-n2c3ccccc3c3cccc(C#N)c32)c1-c1cccc(-n2c3ccccc3c3cccc(-n4c5ccccc5c5ccccc54)c32)c1. The van der Waals surface area contributed by atoms with Gasteiger partial charge in [0.2, 0.25) is 0 Å². The third-order valence-electron chi connectivity index (χ3n) is 11.1. The van der Waals surface area contributed by atoms with Crippen molar-refractivity contribution in [2.75, 3.05) is 0 Å². The molecule has 0 aliphatic heterocycles. The maximum atomic E-state index is 10.7. The Kier molecular flexibility index (Phi) is 6.61. The van der Waals surface area contributed by atoms with E-state index in [-0.39, 0.29) is 0 Å². The lowest BCUT2D eigenvalue weighted by Crippen LogP contribution is -2.02. The van der Waals surface area contributed by atoms with Crippen LogP contribution in [0.15, 0.2) is 176 Å². The maximum Gasteiger partial charge on any atom is 0.101 e. The lowest BCUT2D eigenvalue weighted by Gasteiger charge is -2.18. The van der Waals surface area contributed by atoms with Gasteiger partial charge in [0.1, 0.15) is 6.07 Å². The quantitative estimate of drug-likeness (QED) is 0.184. The van der Waals surface area contributed by atoms with Gasteiger partial charge < -0.3 is 13.7 Å². The predicted molar refractivity (Wildman–Crippen MR) is 224 cm³/mol. The summed E-state index contributed by atoms with van der Waals surface area (Å²) < 4.78 is 6.92. The molecule has 0 aliphatic rings. The molecule has 0 spiro atoms. The number of nitrogens with zero attached hydrogens (tertiary/aromatic N) is 5. The van der Waals surface area contributed by atoms with Crippen LogP contribution in [0.2, 0.25) is 0 Å². The van der Waals surface area contributed by atoms with E-state index < -0.39 is 0 Å². The monoisotopic (exact) mass is 699 g/mol. The van der Waals surface area contributed by atoms with Crippen LogP contribution in [0.3, 0.4) is 0 Å². The second-order valence-corrected chi connectivity index (χ2v) is 13.9. The van der Waals surface area contributed by atoms with Crippen molar-refractivity contribution in [2.45, 2.75) is 0 Å². The maximum absolute atomic E-state index is 10.7. The van der Waals surface area contributed by atoms with E-state index >= 15 is 0 Å². The molecule has 0 unspecified atom stereocenters. The van der Waals surface area contributed by atoms with Gasteiger partial charge in [0.05, 0.1) is 61.7 Å². The van der Waals surface area contributed by atoms with Crippen LogP contribution < -0.4 is 0 Å². The number of nitriles is 2. The molecule has 0 saturated heterocycles. The Morgan fingerprint density at radius 1 is 0.345 bits per heavy atom. The molecule has 0 saturated carbocycles. The molecule has 0 radical (unpaired) electrons. The molecule has 3 heterocycles. The Labute approximate surface area is 316 Å². The van der Waals surface area contributed by atoms with Crippen molar-refractivity contribution in [1.29, 1.82) is 10.5 Å². The molecule has 0 atom stereocenters. The molecule has 11 rings (SSSR count). The summed E-state index contributed by atoms with van der Waals surface area (Å²) in [6.07, 6.45) is 0. The molecule has 3 aromatic heterocycles. The second kappa shape index (κ2) is 11.8. The van der Waals surface area contributed by atoms with E-state index in [1.54, 1.807) is 0 Å². The Hall–Kier alpha value is -7.86. The predicted octanol–water partition coefficient (Wildman–Crippen LogP) is 12.4. The highest BCUT2D eigenvalue weighted by Gasteiger charge is 2.23. The summed E-state index contributed by atoms with van der Waals surface area (Å²) in [4.78, 5) is 0. The Balaban J connectivity index is 1.22. The topological polar surface area (TPSA) is 62.4 Å². The van der Waals surface area contributed by atoms with Crippen LogP contribution in [-0.2, 0) is 0 Å². The molecule has 8 aromatic carbocycles. The van der Waals surface area contributed by atoms with Crippen molar-refractivity contribution in [1.82, 2.24) is 13.7 Å². The highest BCUT2D eigenvalue weighted by molar-refractivity contribution is 6.15. The molecular weight excluding hydrogens is 671 g/mol. The van der Waals surface area contributed by atoms with Crippen LogP contribution in [0.25, 0.3) is 93.6 Å². The summed E-state index contributed by atoms with van der Waals surface area (Å²) in [5.41, 5.74) is 12.1. The minimum absolute atomic E-state index is 0.559. The van der Waals surface area contributed by atoms with Crippen molar-refractivity contribution in [3.05, 3.63) is 187 Å². The van der Waals surface area contributed by atoms with Crippen LogP contribution in [0.5, 0.6) is 0 Å². The van der Waals surface area contributed by atoms with E-state index in [0.717, 1.165) is 82.8 Å². The van der Waals surface area contributed by atoms with Gasteiger partial charge in [0.25, 0.3) is 0 Å². The summed E-state index contributed by atoms with van der Waals surface area (Å²) in [6, 6.07) is 65.9. The molecule has 0 bridgehead atoms. The van der Waals surface area contributed by atoms with Crippen LogP contribution >= 0.6 is 0 Å². The lowest BCUT2D eigenvalue weighted by atomic mass is 9.97. The highest BCUT2D eigenvalue weighted by atomic mass is 15.1. The third kappa shape index (κ3) is 4.33. The zero-order chi connectivity index (χ0) is 36.6. The van der Waals surface area contributed by atoms with Gasteiger partial charge in [0.15, 0.2) is 0 Å². The van der Waals surface area contributed by atoms with Crippen molar-refractivity contribution in [3.8, 4) is 40.3 Å². The highest BCUT2D eigenvalue weighted by Crippen LogP contribution is 2.42. The van der Waals surface area contributed by atoms with Crippen LogP contribution in [0.1, 0.15) is 11.1 Å². The average molecular weight is 700 g/mol. The van der Waals surface area contributed by atoms with Crippen molar-refractivity contribution in [2.24, 2.45) is 0 Å². The molecule has 254 valence electrons. The molecule has 5 nitrogen and oxygen atoms in total. The number of rotatable bonds is 4. The summed E-state index contributed by atoms with van der Waals surface area (Å²) >= 11 is 0. The van der Waals surface area contributed by atoms with E-state index in [9.17, 15) is 10.5 Å². The fraction of sp³-hybridized carbons (Fsp3) is 0. The molecule has 0 amide bonds. The normalized spacial score (nSPS) is 11.6. The largest absolute Gasteiger partial charge is 0.307 e. The third-order valence-corrected chi connectivity index (χ3v) is 11.1. The molecule has 55 heavy (non-hydrogen) atoms. The summed E-state index contributed by atoms with van der Waals surface area (Å²) in [5.74, 6) is 0. The molecule has 11 aromatic rings. The minimum atomic E-state index is 0.559. The molecular formula is C50H29N5. The summed E-state index contributed by atoms with van der Waals surface area (Å²) in [6.45, 7) is 0. The first kappa shape index (κ1) is 30.7. The van der Waals surface area contributed by atoms with E-state index in [4.69, 9.17) is 0 Å². The lowest BCUT2D eigenvalue weighted by molar-refractivity contribution is 1.13. The molecule has 5 heteroatoms. The first-order chi connectivity index (χ1) is 27.2. The number of aromatic nitrogens is 3. The van der Waals surface area contributed by atoms with Gasteiger partial charge in [-0.2, -0.15) is 10.5 Å². The molecule has 0 aliphatic carbocycles. The number of hydrogen-bond donors (Lipinski definition) is 0. The van der Waals surface area contributed by atoms with Gasteiger partial charge in [0, 0.05) is 43.6 Å². The first-order valence-electron chi connectivity index (χ1n) is 18.3. The number of benzene rings is 8. The van der Waals surface area contributed by atoms with Crippen LogP contribution in [-0.4, -0.2) is 13.7 Å². The van der Waals surface area contributed by atoms with E-state index in [1.165, 1.54) is 10.8 Å². The van der Waals surface area contributed by atoms with Gasteiger partial charge in [-0.25, -0.2) is 0 Å². The van der Waals surface area contributed by atoms with Gasteiger partial charge >= 0.3 is 0 Å². The average Bonchev–Trinajstić information content (AvgIpc) is 3.89. The standard InChI is InChI=1S/C50H29N5/c51-30-33-14-11-27-46(55-45-26-8-4-19-38(45)40-21-10-15-34(31-52)49(40)55)48(33)32-13-9-16-35(29-32)53-42-23-5-3-20-39(42)41-22-12-28-47(50(41)53)54-43-24-6-1-17-36(43)37-18-2-7-25-44(37)54/h1-29H. The number of fused-ring (bicyclic) bond motifs is 9. The number of hydrogen-bond acceptors (Lipinski definition) is 2. The Morgan fingerprint density at radius 2 is 0.800 bits per heavy atom. The van der Waals surface area contributed by atoms with Gasteiger partial charge in [-0.3, -0.25) is 0 Å². The van der Waals surface area contributed by atoms with E-state index in [0.29, 0.717) is 11.1 Å². The van der Waals surface area contributed by atoms with Gasteiger partial charge in [-0.15, -0.1) is 0 Å².